The van der Waals surface area contributed by atoms with Crippen LogP contribution in [0.3, 0.4) is 0 Å². The number of amides is 2. The summed E-state index contributed by atoms with van der Waals surface area (Å²) in [4.78, 5) is 23.9. The average Bonchev–Trinajstić information content (AvgIpc) is 2.50. The average molecular weight is 318 g/mol. The standard InChI is InChI=1S/C18H26N2O3/c1-13-8-14(2)10-15(9-13)17(22)19-11-16(21)20-12-18(23)6-4-3-5-7-18/h8-10,23H,3-7,11-12H2,1-2H3,(H,19,22)(H,20,21). The second-order valence-corrected chi connectivity index (χ2v) is 6.62. The van der Waals surface area contributed by atoms with Crippen molar-refractivity contribution in [2.45, 2.75) is 51.6 Å². The Morgan fingerprint density at radius 3 is 2.26 bits per heavy atom. The molecule has 3 N–H and O–H groups in total. The molecule has 1 aromatic rings. The molecule has 0 radical (unpaired) electrons. The molecule has 1 saturated carbocycles. The van der Waals surface area contributed by atoms with Gasteiger partial charge in [-0.1, -0.05) is 36.5 Å². The van der Waals surface area contributed by atoms with Crippen LogP contribution in [-0.2, 0) is 4.79 Å². The molecule has 0 atom stereocenters. The summed E-state index contributed by atoms with van der Waals surface area (Å²) < 4.78 is 0. The van der Waals surface area contributed by atoms with Gasteiger partial charge in [0.1, 0.15) is 0 Å². The van der Waals surface area contributed by atoms with Gasteiger partial charge in [-0.3, -0.25) is 9.59 Å². The lowest BCUT2D eigenvalue weighted by molar-refractivity contribution is -0.121. The minimum absolute atomic E-state index is 0.0814. The fourth-order valence-corrected chi connectivity index (χ4v) is 3.08. The molecular formula is C18H26N2O3. The highest BCUT2D eigenvalue weighted by Crippen LogP contribution is 2.27. The van der Waals surface area contributed by atoms with Gasteiger partial charge in [-0.15, -0.1) is 0 Å². The Labute approximate surface area is 137 Å². The summed E-state index contributed by atoms with van der Waals surface area (Å²) in [5, 5.41) is 15.7. The van der Waals surface area contributed by atoms with Gasteiger partial charge in [-0.05, 0) is 38.8 Å². The summed E-state index contributed by atoms with van der Waals surface area (Å²) >= 11 is 0. The van der Waals surface area contributed by atoms with E-state index in [0.29, 0.717) is 5.56 Å². The summed E-state index contributed by atoms with van der Waals surface area (Å²) in [6.45, 7) is 4.04. The topological polar surface area (TPSA) is 78.4 Å². The maximum atomic E-state index is 12.1. The van der Waals surface area contributed by atoms with E-state index in [1.165, 1.54) is 0 Å². The molecule has 1 fully saturated rings. The number of carbonyl (C=O) groups is 2. The third-order valence-corrected chi connectivity index (χ3v) is 4.29. The molecule has 0 heterocycles. The van der Waals surface area contributed by atoms with E-state index in [1.54, 1.807) is 12.1 Å². The van der Waals surface area contributed by atoms with E-state index in [4.69, 9.17) is 0 Å². The SMILES string of the molecule is Cc1cc(C)cc(C(=O)NCC(=O)NCC2(O)CCCCC2)c1. The predicted octanol–water partition coefficient (Wildman–Crippen LogP) is 1.84. The monoisotopic (exact) mass is 318 g/mol. The van der Waals surface area contributed by atoms with E-state index in [0.717, 1.165) is 43.2 Å². The van der Waals surface area contributed by atoms with Crippen molar-refractivity contribution < 1.29 is 14.7 Å². The Morgan fingerprint density at radius 1 is 1.04 bits per heavy atom. The molecule has 126 valence electrons. The van der Waals surface area contributed by atoms with Crippen molar-refractivity contribution in [3.05, 3.63) is 34.9 Å². The number of aryl methyl sites for hydroxylation is 2. The lowest BCUT2D eigenvalue weighted by Crippen LogP contribution is -2.46. The number of nitrogens with one attached hydrogen (secondary N) is 2. The summed E-state index contributed by atoms with van der Waals surface area (Å²) in [6.07, 6.45) is 4.58. The van der Waals surface area contributed by atoms with E-state index in [2.05, 4.69) is 10.6 Å². The van der Waals surface area contributed by atoms with Crippen molar-refractivity contribution in [3.8, 4) is 0 Å². The molecule has 0 aromatic heterocycles. The van der Waals surface area contributed by atoms with Crippen LogP contribution in [0.25, 0.3) is 0 Å². The Morgan fingerprint density at radius 2 is 1.65 bits per heavy atom. The second-order valence-electron chi connectivity index (χ2n) is 6.62. The van der Waals surface area contributed by atoms with Gasteiger partial charge in [0.15, 0.2) is 0 Å². The zero-order valence-electron chi connectivity index (χ0n) is 13.9. The lowest BCUT2D eigenvalue weighted by Gasteiger charge is -2.32. The van der Waals surface area contributed by atoms with Crippen LogP contribution in [0.4, 0.5) is 0 Å². The van der Waals surface area contributed by atoms with Crippen LogP contribution in [0.15, 0.2) is 18.2 Å². The van der Waals surface area contributed by atoms with Crippen LogP contribution >= 0.6 is 0 Å². The molecule has 0 bridgehead atoms. The molecular weight excluding hydrogens is 292 g/mol. The lowest BCUT2D eigenvalue weighted by atomic mass is 9.85. The van der Waals surface area contributed by atoms with Crippen molar-refractivity contribution in [3.63, 3.8) is 0 Å². The summed E-state index contributed by atoms with van der Waals surface area (Å²) in [5.41, 5.74) is 1.80. The zero-order chi connectivity index (χ0) is 16.9. The zero-order valence-corrected chi connectivity index (χ0v) is 13.9. The smallest absolute Gasteiger partial charge is 0.251 e. The minimum Gasteiger partial charge on any atom is -0.388 e. The van der Waals surface area contributed by atoms with Gasteiger partial charge >= 0.3 is 0 Å². The van der Waals surface area contributed by atoms with E-state index >= 15 is 0 Å². The van der Waals surface area contributed by atoms with E-state index in [1.807, 2.05) is 19.9 Å². The first-order chi connectivity index (χ1) is 10.9. The maximum absolute atomic E-state index is 12.1. The molecule has 1 aliphatic rings. The van der Waals surface area contributed by atoms with Crippen molar-refractivity contribution in [1.29, 1.82) is 0 Å². The number of rotatable bonds is 5. The van der Waals surface area contributed by atoms with Crippen LogP contribution in [-0.4, -0.2) is 35.6 Å². The fraction of sp³-hybridized carbons (Fsp3) is 0.556. The fourth-order valence-electron chi connectivity index (χ4n) is 3.08. The van der Waals surface area contributed by atoms with Gasteiger partial charge in [0.2, 0.25) is 5.91 Å². The first-order valence-corrected chi connectivity index (χ1v) is 8.24. The molecule has 5 nitrogen and oxygen atoms in total. The highest BCUT2D eigenvalue weighted by molar-refractivity contribution is 5.96. The first kappa shape index (κ1) is 17.5. The summed E-state index contributed by atoms with van der Waals surface area (Å²) in [6, 6.07) is 5.59. The van der Waals surface area contributed by atoms with Gasteiger partial charge < -0.3 is 15.7 Å². The molecule has 2 rings (SSSR count). The van der Waals surface area contributed by atoms with Crippen LogP contribution in [0.1, 0.15) is 53.6 Å². The van der Waals surface area contributed by atoms with Gasteiger partial charge in [0.25, 0.3) is 5.91 Å². The third kappa shape index (κ3) is 5.36. The van der Waals surface area contributed by atoms with Gasteiger partial charge in [0.05, 0.1) is 12.1 Å². The predicted molar refractivity (Wildman–Crippen MR) is 89.3 cm³/mol. The van der Waals surface area contributed by atoms with E-state index in [9.17, 15) is 14.7 Å². The van der Waals surface area contributed by atoms with E-state index in [-0.39, 0.29) is 24.9 Å². The van der Waals surface area contributed by atoms with Gasteiger partial charge in [-0.2, -0.15) is 0 Å². The largest absolute Gasteiger partial charge is 0.388 e. The number of aliphatic hydroxyl groups is 1. The molecule has 1 aromatic carbocycles. The molecule has 0 unspecified atom stereocenters. The van der Waals surface area contributed by atoms with Crippen molar-refractivity contribution in [1.82, 2.24) is 10.6 Å². The van der Waals surface area contributed by atoms with Crippen LogP contribution in [0.5, 0.6) is 0 Å². The van der Waals surface area contributed by atoms with Crippen molar-refractivity contribution in [2.24, 2.45) is 0 Å². The molecule has 0 saturated heterocycles. The van der Waals surface area contributed by atoms with Crippen LogP contribution in [0.2, 0.25) is 0 Å². The molecule has 2 amide bonds. The second kappa shape index (κ2) is 7.59. The third-order valence-electron chi connectivity index (χ3n) is 4.29. The number of hydrogen-bond acceptors (Lipinski definition) is 3. The molecule has 0 spiro atoms. The van der Waals surface area contributed by atoms with Crippen LogP contribution in [0, 0.1) is 13.8 Å². The van der Waals surface area contributed by atoms with Crippen molar-refractivity contribution >= 4 is 11.8 Å². The summed E-state index contributed by atoms with van der Waals surface area (Å²) in [5.74, 6) is -0.537. The minimum atomic E-state index is -0.786. The highest BCUT2D eigenvalue weighted by Gasteiger charge is 2.29. The number of hydrogen-bond donors (Lipinski definition) is 3. The Balaban J connectivity index is 1.78. The molecule has 23 heavy (non-hydrogen) atoms. The Kier molecular flexibility index (Phi) is 5.77. The number of benzene rings is 1. The van der Waals surface area contributed by atoms with Gasteiger partial charge in [-0.25, -0.2) is 0 Å². The summed E-state index contributed by atoms with van der Waals surface area (Å²) in [7, 11) is 0. The highest BCUT2D eigenvalue weighted by atomic mass is 16.3. The molecule has 5 heteroatoms. The quantitative estimate of drug-likeness (QED) is 0.775. The van der Waals surface area contributed by atoms with E-state index < -0.39 is 5.60 Å². The normalized spacial score (nSPS) is 16.7. The Hall–Kier alpha value is -1.88. The maximum Gasteiger partial charge on any atom is 0.251 e. The van der Waals surface area contributed by atoms with Gasteiger partial charge in [0, 0.05) is 12.1 Å². The van der Waals surface area contributed by atoms with Crippen LogP contribution < -0.4 is 10.6 Å². The molecule has 1 aliphatic carbocycles. The molecule has 0 aliphatic heterocycles. The first-order valence-electron chi connectivity index (χ1n) is 8.24. The Bertz CT molecular complexity index is 557. The number of carbonyl (C=O) groups excluding carboxylic acids is 2. The van der Waals surface area contributed by atoms with Crippen molar-refractivity contribution in [2.75, 3.05) is 13.1 Å².